The van der Waals surface area contributed by atoms with Crippen LogP contribution in [0.5, 0.6) is 0 Å². The van der Waals surface area contributed by atoms with Crippen molar-refractivity contribution in [1.82, 2.24) is 0 Å². The van der Waals surface area contributed by atoms with Gasteiger partial charge in [0, 0.05) is 34.3 Å². The van der Waals surface area contributed by atoms with E-state index in [1.165, 1.54) is 58.8 Å². The van der Waals surface area contributed by atoms with Gasteiger partial charge >= 0.3 is 41.8 Å². The summed E-state index contributed by atoms with van der Waals surface area (Å²) in [6.07, 6.45) is 13.3. The summed E-state index contributed by atoms with van der Waals surface area (Å²) in [7, 11) is -5.86. The van der Waals surface area contributed by atoms with Crippen molar-refractivity contribution >= 4 is 61.5 Å². The van der Waals surface area contributed by atoms with Gasteiger partial charge in [-0.1, -0.05) is 46.7 Å². The first-order valence-electron chi connectivity index (χ1n) is 26.1. The van der Waals surface area contributed by atoms with E-state index in [9.17, 15) is 50.4 Å². The van der Waals surface area contributed by atoms with E-state index in [0.717, 1.165) is 37.5 Å². The lowest BCUT2D eigenvalue weighted by atomic mass is 9.49. The molecule has 1 unspecified atom stereocenters. The van der Waals surface area contributed by atoms with Crippen molar-refractivity contribution < 1.29 is 83.6 Å². The number of esters is 7. The van der Waals surface area contributed by atoms with Crippen LogP contribution in [0.2, 0.25) is 0 Å². The van der Waals surface area contributed by atoms with Gasteiger partial charge in [-0.05, 0) is 155 Å². The molecule has 0 aromatic carbocycles. The molecule has 0 amide bonds. The summed E-state index contributed by atoms with van der Waals surface area (Å²) < 4.78 is 79.9. The Balaban J connectivity index is 0.000000250. The second-order valence-electron chi connectivity index (χ2n) is 21.1. The number of carbonyl (C=O) groups is 7. The Labute approximate surface area is 444 Å². The quantitative estimate of drug-likeness (QED) is 0.0911. The molecular formula is C55H82O18S2. The van der Waals surface area contributed by atoms with Gasteiger partial charge in [-0.25, -0.2) is 50.4 Å². The molecule has 4 bridgehead atoms. The van der Waals surface area contributed by atoms with Crippen LogP contribution in [0.25, 0.3) is 0 Å². The van der Waals surface area contributed by atoms with Crippen LogP contribution in [-0.4, -0.2) is 124 Å². The molecule has 0 aromatic heterocycles. The van der Waals surface area contributed by atoms with Crippen LogP contribution >= 0.6 is 0 Å². The van der Waals surface area contributed by atoms with E-state index in [2.05, 4.69) is 56.2 Å². The Kier molecular flexibility index (Phi) is 24.7. The molecule has 3 heterocycles. The van der Waals surface area contributed by atoms with E-state index in [4.69, 9.17) is 23.7 Å². The van der Waals surface area contributed by atoms with Gasteiger partial charge in [-0.3, -0.25) is 0 Å². The van der Waals surface area contributed by atoms with Gasteiger partial charge in [0.2, 0.25) is 6.10 Å². The number of carbonyl (C=O) groups excluding carboxylic acids is 7. The highest BCUT2D eigenvalue weighted by Crippen LogP contribution is 2.60. The minimum Gasteiger partial charge on any atom is -0.463 e. The summed E-state index contributed by atoms with van der Waals surface area (Å²) in [5.41, 5.74) is 1.54. The first kappa shape index (κ1) is 64.2. The van der Waals surface area contributed by atoms with Gasteiger partial charge in [-0.15, -0.1) is 0 Å². The van der Waals surface area contributed by atoms with E-state index < -0.39 is 68.3 Å². The lowest BCUT2D eigenvalue weighted by Gasteiger charge is -2.60. The van der Waals surface area contributed by atoms with Crippen molar-refractivity contribution in [3.05, 3.63) is 60.8 Å². The average Bonchev–Trinajstić information content (AvgIpc) is 3.99. The minimum absolute atomic E-state index is 0.0243. The maximum absolute atomic E-state index is 12.0. The predicted octanol–water partition coefficient (Wildman–Crippen LogP) is 7.87. The molecule has 0 spiro atoms. The number of cyclic esters (lactones) is 1. The predicted molar refractivity (Wildman–Crippen MR) is 280 cm³/mol. The maximum Gasteiger partial charge on any atom is 0.347 e. The molecule has 5 saturated carbocycles. The van der Waals surface area contributed by atoms with Crippen molar-refractivity contribution in [2.75, 3.05) is 36.2 Å². The molecule has 20 heteroatoms. The average molecular weight is 1100 g/mol. The van der Waals surface area contributed by atoms with Crippen molar-refractivity contribution in [2.24, 2.45) is 23.7 Å². The maximum atomic E-state index is 12.0. The molecule has 75 heavy (non-hydrogen) atoms. The minimum atomic E-state index is -2.98. The van der Waals surface area contributed by atoms with Gasteiger partial charge < -0.3 is 33.2 Å². The molecule has 0 N–H and O–H groups in total. The lowest BCUT2D eigenvalue weighted by Crippen LogP contribution is -2.59. The SMILES string of the molecule is C=C(C)C(=O)OC1(CC)C2CC3CC(C2)CC1C3.C=C(C)C(=O)OC1(CC)CCCC1.C=C(C)C(=O)OC1CCOC1=O.C=C(C)C(=O)OC1CCS(=O)(=O)CC1.C=C(C)C(=O)OCC(=O)OC1CCS(=O)(=O)CC1. The number of hydrogen-bond donors (Lipinski definition) is 0. The van der Waals surface area contributed by atoms with E-state index in [1.807, 2.05) is 0 Å². The summed E-state index contributed by atoms with van der Waals surface area (Å²) in [6.45, 7) is 29.7. The second kappa shape index (κ2) is 28.9. The molecule has 18 nitrogen and oxygen atoms in total. The zero-order valence-electron chi connectivity index (χ0n) is 45.3. The molecule has 8 aliphatic rings. The molecule has 8 rings (SSSR count). The molecule has 5 aliphatic carbocycles. The molecule has 0 radical (unpaired) electrons. The van der Waals surface area contributed by atoms with Crippen LogP contribution in [0.15, 0.2) is 60.8 Å². The Morgan fingerprint density at radius 2 is 0.960 bits per heavy atom. The smallest absolute Gasteiger partial charge is 0.347 e. The zero-order valence-corrected chi connectivity index (χ0v) is 46.9. The standard InChI is InChI=1S/C16H24O2.C11H16O6S.C11H18O2.C9H14O4S.C8H10O4/c1-4-16(18-15(17)10(2)3)13-6-11-5-12(8-13)9-14(16)7-11;1-8(2)11(13)16-7-10(12)17-9-3-5-18(14,15)6-4-9;1-4-11(7-5-6-8-11)13-10(12)9(2)3;1-7(2)9(10)13-8-3-5-14(11,12)6-4-8;1-5(2)7(9)12-6-3-4-11-8(6)10/h11-14H,2,4-9H2,1,3H3;9H,1,3-7H2,2H3;2,4-8H2,1,3H3;8H,1,3-6H2,2H3;6H,1,3-4H2,2H3. The van der Waals surface area contributed by atoms with Gasteiger partial charge in [0.05, 0.1) is 29.6 Å². The lowest BCUT2D eigenvalue weighted by molar-refractivity contribution is -0.207. The number of ether oxygens (including phenoxy) is 7. The molecule has 3 aliphatic heterocycles. The summed E-state index contributed by atoms with van der Waals surface area (Å²) in [5, 5.41) is 0. The Morgan fingerprint density at radius 1 is 0.547 bits per heavy atom. The molecular weight excluding hydrogens is 1010 g/mol. The van der Waals surface area contributed by atoms with E-state index in [1.54, 1.807) is 20.8 Å². The fraction of sp³-hybridized carbons (Fsp3) is 0.691. The highest BCUT2D eigenvalue weighted by molar-refractivity contribution is 7.91. The van der Waals surface area contributed by atoms with E-state index in [0.29, 0.717) is 67.3 Å². The normalized spacial score (nSPS) is 26.3. The van der Waals surface area contributed by atoms with Crippen molar-refractivity contribution in [2.45, 2.75) is 181 Å². The third-order valence-corrected chi connectivity index (χ3v) is 18.0. The van der Waals surface area contributed by atoms with E-state index in [-0.39, 0.29) is 63.4 Å². The van der Waals surface area contributed by atoms with Crippen LogP contribution in [0.1, 0.15) is 151 Å². The van der Waals surface area contributed by atoms with Gasteiger partial charge in [0.25, 0.3) is 0 Å². The molecule has 422 valence electrons. The molecule has 0 aromatic rings. The highest BCUT2D eigenvalue weighted by atomic mass is 32.2. The van der Waals surface area contributed by atoms with Crippen LogP contribution < -0.4 is 0 Å². The van der Waals surface area contributed by atoms with Crippen LogP contribution in [0.4, 0.5) is 0 Å². The van der Waals surface area contributed by atoms with Crippen molar-refractivity contribution in [1.29, 1.82) is 0 Å². The van der Waals surface area contributed by atoms with Gasteiger partial charge in [0.1, 0.15) is 23.4 Å². The largest absolute Gasteiger partial charge is 0.463 e. The third-order valence-electron chi connectivity index (χ3n) is 14.6. The summed E-state index contributed by atoms with van der Waals surface area (Å²) >= 11 is 0. The summed E-state index contributed by atoms with van der Waals surface area (Å²) in [6, 6.07) is 0. The zero-order chi connectivity index (χ0) is 56.5. The molecule has 8 fully saturated rings. The first-order chi connectivity index (χ1) is 35.0. The van der Waals surface area contributed by atoms with Crippen molar-refractivity contribution in [3.8, 4) is 0 Å². The van der Waals surface area contributed by atoms with Crippen molar-refractivity contribution in [3.63, 3.8) is 0 Å². The summed E-state index contributed by atoms with van der Waals surface area (Å²) in [4.78, 5) is 78.5. The fourth-order valence-electron chi connectivity index (χ4n) is 10.4. The topological polar surface area (TPSA) is 252 Å². The van der Waals surface area contributed by atoms with E-state index >= 15 is 0 Å². The number of rotatable bonds is 14. The Bertz CT molecular complexity index is 2320. The summed E-state index contributed by atoms with van der Waals surface area (Å²) in [5.74, 6) is 0.142. The van der Waals surface area contributed by atoms with Gasteiger partial charge in [-0.2, -0.15) is 0 Å². The molecule has 3 saturated heterocycles. The molecule has 1 atom stereocenters. The fourth-order valence-corrected chi connectivity index (χ4v) is 13.3. The monoisotopic (exact) mass is 1090 g/mol. The number of hydrogen-bond acceptors (Lipinski definition) is 18. The Morgan fingerprint density at radius 3 is 1.35 bits per heavy atom. The Hall–Kier alpha value is -5.11. The van der Waals surface area contributed by atoms with Crippen LogP contribution in [0.3, 0.4) is 0 Å². The van der Waals surface area contributed by atoms with Crippen LogP contribution in [0, 0.1) is 23.7 Å². The second-order valence-corrected chi connectivity index (χ2v) is 25.7. The van der Waals surface area contributed by atoms with Crippen LogP contribution in [-0.2, 0) is 86.4 Å². The number of sulfone groups is 2. The third kappa shape index (κ3) is 20.4. The first-order valence-corrected chi connectivity index (χ1v) is 29.7. The van der Waals surface area contributed by atoms with Gasteiger partial charge in [0.15, 0.2) is 26.3 Å². The highest BCUT2D eigenvalue weighted by Gasteiger charge is 2.58.